The summed E-state index contributed by atoms with van der Waals surface area (Å²) in [6.07, 6.45) is 1.15. The minimum Gasteiger partial charge on any atom is -0.368 e. The zero-order valence-corrected chi connectivity index (χ0v) is 22.6. The van der Waals surface area contributed by atoms with Gasteiger partial charge in [0, 0.05) is 24.4 Å². The molecule has 36 heavy (non-hydrogen) atoms. The number of hydrogen-bond acceptors (Lipinski definition) is 5. The van der Waals surface area contributed by atoms with Crippen molar-refractivity contribution in [2.24, 2.45) is 40.2 Å². The first-order valence-electron chi connectivity index (χ1n) is 13.0. The highest BCUT2D eigenvalue weighted by molar-refractivity contribution is 5.96. The van der Waals surface area contributed by atoms with Crippen LogP contribution in [0, 0.1) is 34.5 Å². The van der Waals surface area contributed by atoms with E-state index in [4.69, 9.17) is 5.73 Å². The maximum atomic E-state index is 13.8. The number of amides is 5. The monoisotopic (exact) mass is 505 g/mol. The van der Waals surface area contributed by atoms with E-state index in [1.54, 1.807) is 25.7 Å². The second kappa shape index (κ2) is 10.0. The average molecular weight is 506 g/mol. The molecule has 3 aliphatic rings. The Morgan fingerprint density at radius 1 is 1.14 bits per heavy atom. The Morgan fingerprint density at radius 3 is 2.28 bits per heavy atom. The Hall–Kier alpha value is -2.65. The van der Waals surface area contributed by atoms with Crippen molar-refractivity contribution in [3.05, 3.63) is 0 Å². The molecule has 0 aromatic carbocycles. The van der Waals surface area contributed by atoms with Crippen LogP contribution in [0.15, 0.2) is 0 Å². The Kier molecular flexibility index (Phi) is 7.77. The van der Waals surface area contributed by atoms with Gasteiger partial charge < -0.3 is 26.6 Å². The first-order chi connectivity index (χ1) is 16.6. The van der Waals surface area contributed by atoms with E-state index in [1.807, 2.05) is 13.8 Å². The molecule has 1 aliphatic carbocycles. The van der Waals surface area contributed by atoms with E-state index in [1.165, 1.54) is 0 Å². The van der Waals surface area contributed by atoms with Gasteiger partial charge in [-0.3, -0.25) is 24.0 Å². The smallest absolute Gasteiger partial charge is 0.245 e. The summed E-state index contributed by atoms with van der Waals surface area (Å²) in [4.78, 5) is 65.8. The van der Waals surface area contributed by atoms with Gasteiger partial charge in [-0.15, -0.1) is 0 Å². The summed E-state index contributed by atoms with van der Waals surface area (Å²) in [5.74, 6) is -1.94. The minimum atomic E-state index is -1.00. The summed E-state index contributed by atoms with van der Waals surface area (Å²) in [6, 6.07) is -2.52. The van der Waals surface area contributed by atoms with Gasteiger partial charge in [0.1, 0.15) is 18.1 Å². The van der Waals surface area contributed by atoms with Gasteiger partial charge in [-0.1, -0.05) is 48.5 Å². The van der Waals surface area contributed by atoms with E-state index in [0.717, 1.165) is 0 Å². The molecule has 3 rings (SSSR count). The summed E-state index contributed by atoms with van der Waals surface area (Å²) in [7, 11) is 0. The second-order valence-corrected chi connectivity index (χ2v) is 12.8. The molecule has 6 atom stereocenters. The molecule has 5 N–H and O–H groups in total. The van der Waals surface area contributed by atoms with Crippen LogP contribution in [0.2, 0.25) is 0 Å². The van der Waals surface area contributed by atoms with Crippen molar-refractivity contribution in [2.75, 3.05) is 13.1 Å². The summed E-state index contributed by atoms with van der Waals surface area (Å²) in [6.45, 7) is 14.4. The number of rotatable bonds is 9. The summed E-state index contributed by atoms with van der Waals surface area (Å²) < 4.78 is 0. The Bertz CT molecular complexity index is 924. The van der Waals surface area contributed by atoms with Crippen molar-refractivity contribution in [1.29, 1.82) is 0 Å². The second-order valence-electron chi connectivity index (χ2n) is 12.8. The molecule has 202 valence electrons. The molecular formula is C26H43N5O5. The number of nitrogens with zero attached hydrogens (tertiary/aromatic N) is 1. The fourth-order valence-electron chi connectivity index (χ4n) is 5.74. The molecule has 2 aliphatic heterocycles. The maximum Gasteiger partial charge on any atom is 0.245 e. The summed E-state index contributed by atoms with van der Waals surface area (Å²) in [5, 5.41) is 8.39. The van der Waals surface area contributed by atoms with Crippen LogP contribution in [-0.4, -0.2) is 65.7 Å². The third kappa shape index (κ3) is 5.67. The van der Waals surface area contributed by atoms with Crippen molar-refractivity contribution in [3.63, 3.8) is 0 Å². The first kappa shape index (κ1) is 27.9. The van der Waals surface area contributed by atoms with Gasteiger partial charge in [0.15, 0.2) is 0 Å². The molecule has 0 bridgehead atoms. The lowest BCUT2D eigenvalue weighted by atomic mass is 9.93. The Morgan fingerprint density at radius 2 is 1.78 bits per heavy atom. The molecule has 0 radical (unpaired) electrons. The summed E-state index contributed by atoms with van der Waals surface area (Å²) in [5.41, 5.74) is 4.80. The van der Waals surface area contributed by atoms with Gasteiger partial charge in [0.2, 0.25) is 29.5 Å². The molecule has 1 saturated carbocycles. The molecule has 2 heterocycles. The SMILES string of the molecule is CC(C)C[C@H](NC(=O)C(C)(C)C)C(=O)N1C[C@H]2[C@@H]([C@H]1C(=O)N[C@@H](C[C@@H]1CCNC1=O)C(N)=O)C2(C)C. The van der Waals surface area contributed by atoms with E-state index in [0.29, 0.717) is 25.9 Å². The lowest BCUT2D eigenvalue weighted by molar-refractivity contribution is -0.145. The van der Waals surface area contributed by atoms with E-state index in [2.05, 4.69) is 29.8 Å². The van der Waals surface area contributed by atoms with Crippen molar-refractivity contribution >= 4 is 29.5 Å². The van der Waals surface area contributed by atoms with Gasteiger partial charge in [-0.25, -0.2) is 0 Å². The number of fused-ring (bicyclic) bond motifs is 1. The van der Waals surface area contributed by atoms with Crippen LogP contribution in [0.5, 0.6) is 0 Å². The molecular weight excluding hydrogens is 462 g/mol. The number of primary amides is 1. The molecule has 0 unspecified atom stereocenters. The van der Waals surface area contributed by atoms with Crippen LogP contribution in [0.4, 0.5) is 0 Å². The molecule has 5 amide bonds. The molecule has 10 nitrogen and oxygen atoms in total. The molecule has 0 spiro atoms. The quantitative estimate of drug-likeness (QED) is 0.361. The Labute approximate surface area is 213 Å². The number of carbonyl (C=O) groups is 5. The largest absolute Gasteiger partial charge is 0.368 e. The van der Waals surface area contributed by atoms with Crippen LogP contribution in [0.1, 0.15) is 67.7 Å². The predicted molar refractivity (Wildman–Crippen MR) is 134 cm³/mol. The Balaban J connectivity index is 1.80. The van der Waals surface area contributed by atoms with E-state index in [9.17, 15) is 24.0 Å². The van der Waals surface area contributed by atoms with Crippen LogP contribution < -0.4 is 21.7 Å². The average Bonchev–Trinajstić information content (AvgIpc) is 3.10. The van der Waals surface area contributed by atoms with Crippen LogP contribution in [0.25, 0.3) is 0 Å². The van der Waals surface area contributed by atoms with Crippen LogP contribution >= 0.6 is 0 Å². The van der Waals surface area contributed by atoms with Crippen LogP contribution in [0.3, 0.4) is 0 Å². The highest BCUT2D eigenvalue weighted by atomic mass is 16.2. The van der Waals surface area contributed by atoms with Gasteiger partial charge in [-0.05, 0) is 42.4 Å². The number of hydrogen-bond donors (Lipinski definition) is 4. The number of likely N-dealkylation sites (tertiary alicyclic amines) is 1. The van der Waals surface area contributed by atoms with Gasteiger partial charge >= 0.3 is 0 Å². The van der Waals surface area contributed by atoms with E-state index >= 15 is 0 Å². The van der Waals surface area contributed by atoms with E-state index in [-0.39, 0.29) is 47.3 Å². The highest BCUT2D eigenvalue weighted by Gasteiger charge is 2.69. The van der Waals surface area contributed by atoms with Gasteiger partial charge in [0.25, 0.3) is 0 Å². The first-order valence-corrected chi connectivity index (χ1v) is 13.0. The highest BCUT2D eigenvalue weighted by Crippen LogP contribution is 2.65. The number of nitrogens with two attached hydrogens (primary N) is 1. The fraction of sp³-hybridized carbons (Fsp3) is 0.808. The lowest BCUT2D eigenvalue weighted by Crippen LogP contribution is -2.59. The molecule has 0 aromatic heterocycles. The normalized spacial score (nSPS) is 28.2. The molecule has 3 fully saturated rings. The van der Waals surface area contributed by atoms with Crippen LogP contribution in [-0.2, 0) is 24.0 Å². The standard InChI is InChI=1S/C26H43N5O5/c1-13(2)10-17(30-24(36)25(3,4)5)23(35)31-12-15-18(26(15,6)7)19(31)22(34)29-16(20(27)32)11-14-8-9-28-21(14)33/h13-19H,8-12H2,1-7H3,(H2,27,32)(H,28,33)(H,29,34)(H,30,36)/t14-,15-,16-,17-,18-,19-/m0/s1. The number of carbonyl (C=O) groups excluding carboxylic acids is 5. The lowest BCUT2D eigenvalue weighted by Gasteiger charge is -2.35. The third-order valence-electron chi connectivity index (χ3n) is 8.09. The molecule has 0 aromatic rings. The minimum absolute atomic E-state index is 0.0530. The zero-order valence-electron chi connectivity index (χ0n) is 22.6. The van der Waals surface area contributed by atoms with Crippen molar-refractivity contribution in [2.45, 2.75) is 85.9 Å². The number of nitrogens with one attached hydrogen (secondary N) is 3. The third-order valence-corrected chi connectivity index (χ3v) is 8.09. The fourth-order valence-corrected chi connectivity index (χ4v) is 5.74. The topological polar surface area (TPSA) is 151 Å². The van der Waals surface area contributed by atoms with Crippen molar-refractivity contribution in [3.8, 4) is 0 Å². The van der Waals surface area contributed by atoms with Gasteiger partial charge in [-0.2, -0.15) is 0 Å². The predicted octanol–water partition coefficient (Wildman–Crippen LogP) is 0.543. The number of piperidine rings is 1. The maximum absolute atomic E-state index is 13.8. The van der Waals surface area contributed by atoms with Crippen molar-refractivity contribution in [1.82, 2.24) is 20.9 Å². The van der Waals surface area contributed by atoms with Crippen molar-refractivity contribution < 1.29 is 24.0 Å². The zero-order chi connectivity index (χ0) is 27.2. The van der Waals surface area contributed by atoms with E-state index < -0.39 is 41.3 Å². The van der Waals surface area contributed by atoms with Gasteiger partial charge in [0.05, 0.1) is 0 Å². The summed E-state index contributed by atoms with van der Waals surface area (Å²) >= 11 is 0. The molecule has 2 saturated heterocycles. The molecule has 10 heteroatoms.